The number of carboxylic acid groups (broad SMARTS) is 2. The van der Waals surface area contributed by atoms with Crippen LogP contribution in [0.4, 0.5) is 0 Å². The Morgan fingerprint density at radius 2 is 1.60 bits per heavy atom. The predicted octanol–water partition coefficient (Wildman–Crippen LogP) is 2.57. The average molecular weight is 338 g/mol. The lowest BCUT2D eigenvalue weighted by atomic mass is 10.1. The fraction of sp³-hybridized carbons (Fsp3) is 0.105. The first-order chi connectivity index (χ1) is 12.0. The van der Waals surface area contributed by atoms with Gasteiger partial charge in [0.15, 0.2) is 5.69 Å². The lowest BCUT2D eigenvalue weighted by Crippen LogP contribution is -2.32. The Morgan fingerprint density at radius 3 is 2.24 bits per heavy atom. The molecule has 3 rings (SSSR count). The number of carboxylic acids is 2. The van der Waals surface area contributed by atoms with Gasteiger partial charge in [0.05, 0.1) is 0 Å². The summed E-state index contributed by atoms with van der Waals surface area (Å²) in [7, 11) is 0. The number of hydrogen-bond donors (Lipinski definition) is 3. The number of benzene rings is 2. The van der Waals surface area contributed by atoms with Crippen LogP contribution in [0.15, 0.2) is 66.9 Å². The highest BCUT2D eigenvalue weighted by Gasteiger charge is 2.11. The van der Waals surface area contributed by atoms with Gasteiger partial charge in [-0.2, -0.15) is 0 Å². The summed E-state index contributed by atoms with van der Waals surface area (Å²) < 4.78 is 0. The molecule has 0 saturated heterocycles. The Kier molecular flexibility index (Phi) is 6.20. The molecular weight excluding hydrogens is 320 g/mol. The van der Waals surface area contributed by atoms with Crippen molar-refractivity contribution in [2.45, 2.75) is 12.5 Å². The van der Waals surface area contributed by atoms with Gasteiger partial charge in [-0.05, 0) is 23.4 Å². The lowest BCUT2D eigenvalue weighted by Gasteiger charge is -2.04. The first-order valence-electron chi connectivity index (χ1n) is 7.58. The highest BCUT2D eigenvalue weighted by molar-refractivity contribution is 6.01. The molecule has 1 aromatic heterocycles. The normalized spacial score (nSPS) is 11.2. The Hall–Kier alpha value is -3.25. The summed E-state index contributed by atoms with van der Waals surface area (Å²) in [5.74, 6) is -1.95. The van der Waals surface area contributed by atoms with Crippen molar-refractivity contribution in [2.24, 2.45) is 5.73 Å². The van der Waals surface area contributed by atoms with Gasteiger partial charge in [0.1, 0.15) is 6.04 Å². The van der Waals surface area contributed by atoms with E-state index in [0.29, 0.717) is 11.8 Å². The number of aromatic carboxylic acids is 1. The van der Waals surface area contributed by atoms with Gasteiger partial charge >= 0.3 is 11.9 Å². The average Bonchev–Trinajstić information content (AvgIpc) is 2.62. The van der Waals surface area contributed by atoms with Crippen LogP contribution >= 0.6 is 0 Å². The van der Waals surface area contributed by atoms with Gasteiger partial charge in [-0.15, -0.1) is 0 Å². The standard InChI is InChI=1S/C10H7NO2.C9H11NO2/c12-10(13)9-8-4-2-1-3-7(8)5-6-11-9;10-8(9(11)12)6-7-4-2-1-3-5-7/h1-6H,(H,12,13);1-5,8H,6,10H2,(H,11,12). The highest BCUT2D eigenvalue weighted by atomic mass is 16.4. The molecule has 4 N–H and O–H groups in total. The fourth-order valence-electron chi connectivity index (χ4n) is 2.25. The van der Waals surface area contributed by atoms with E-state index in [0.717, 1.165) is 10.9 Å². The van der Waals surface area contributed by atoms with Gasteiger partial charge in [0.25, 0.3) is 0 Å². The summed E-state index contributed by atoms with van der Waals surface area (Å²) in [5.41, 5.74) is 6.41. The number of aromatic nitrogens is 1. The third-order valence-corrected chi connectivity index (χ3v) is 3.49. The Balaban J connectivity index is 0.000000181. The van der Waals surface area contributed by atoms with Crippen molar-refractivity contribution < 1.29 is 19.8 Å². The minimum atomic E-state index is -0.989. The molecule has 0 radical (unpaired) electrons. The first-order valence-corrected chi connectivity index (χ1v) is 7.58. The van der Waals surface area contributed by atoms with Crippen LogP contribution in [0.1, 0.15) is 16.1 Å². The van der Waals surface area contributed by atoms with E-state index in [9.17, 15) is 9.59 Å². The van der Waals surface area contributed by atoms with Gasteiger partial charge in [-0.3, -0.25) is 4.79 Å². The monoisotopic (exact) mass is 338 g/mol. The predicted molar refractivity (Wildman–Crippen MR) is 94.5 cm³/mol. The largest absolute Gasteiger partial charge is 0.480 e. The van der Waals surface area contributed by atoms with Crippen LogP contribution in [0.25, 0.3) is 10.8 Å². The molecule has 2 aromatic carbocycles. The molecule has 0 aliphatic heterocycles. The molecule has 0 aliphatic rings. The Morgan fingerprint density at radius 1 is 0.960 bits per heavy atom. The summed E-state index contributed by atoms with van der Waals surface area (Å²) in [4.78, 5) is 24.9. The van der Waals surface area contributed by atoms with E-state index >= 15 is 0 Å². The molecule has 0 amide bonds. The second-order valence-corrected chi connectivity index (χ2v) is 5.32. The molecular formula is C19H18N2O4. The molecule has 1 unspecified atom stereocenters. The second kappa shape index (κ2) is 8.56. The molecule has 6 nitrogen and oxygen atoms in total. The van der Waals surface area contributed by atoms with Crippen molar-refractivity contribution in [3.8, 4) is 0 Å². The van der Waals surface area contributed by atoms with Crippen LogP contribution in [0.2, 0.25) is 0 Å². The van der Waals surface area contributed by atoms with E-state index in [1.165, 1.54) is 6.20 Å². The van der Waals surface area contributed by atoms with E-state index in [1.54, 1.807) is 18.2 Å². The molecule has 128 valence electrons. The number of nitrogens with zero attached hydrogens (tertiary/aromatic N) is 1. The number of rotatable bonds is 4. The Labute approximate surface area is 144 Å². The van der Waals surface area contributed by atoms with Crippen LogP contribution < -0.4 is 5.73 Å². The zero-order valence-electron chi connectivity index (χ0n) is 13.4. The zero-order chi connectivity index (χ0) is 18.2. The molecule has 3 aromatic rings. The molecule has 25 heavy (non-hydrogen) atoms. The summed E-state index contributed by atoms with van der Waals surface area (Å²) in [6.07, 6.45) is 1.89. The smallest absolute Gasteiger partial charge is 0.355 e. The number of nitrogens with two attached hydrogens (primary N) is 1. The van der Waals surface area contributed by atoms with E-state index < -0.39 is 18.0 Å². The SMILES string of the molecule is NC(Cc1ccccc1)C(=O)O.O=C(O)c1nccc2ccccc12. The quantitative estimate of drug-likeness (QED) is 0.674. The summed E-state index contributed by atoms with van der Waals surface area (Å²) in [6.45, 7) is 0. The van der Waals surface area contributed by atoms with E-state index in [4.69, 9.17) is 15.9 Å². The number of pyridine rings is 1. The van der Waals surface area contributed by atoms with Gasteiger partial charge in [-0.1, -0.05) is 54.6 Å². The Bertz CT molecular complexity index is 860. The third kappa shape index (κ3) is 5.12. The minimum absolute atomic E-state index is 0.109. The maximum atomic E-state index is 10.8. The van der Waals surface area contributed by atoms with Crippen molar-refractivity contribution in [3.63, 3.8) is 0 Å². The van der Waals surface area contributed by atoms with E-state index in [1.807, 2.05) is 42.5 Å². The highest BCUT2D eigenvalue weighted by Crippen LogP contribution is 2.15. The maximum absolute atomic E-state index is 10.8. The first kappa shape index (κ1) is 18.1. The lowest BCUT2D eigenvalue weighted by molar-refractivity contribution is -0.138. The molecule has 1 atom stereocenters. The van der Waals surface area contributed by atoms with Crippen LogP contribution in [0.5, 0.6) is 0 Å². The molecule has 0 spiro atoms. The zero-order valence-corrected chi connectivity index (χ0v) is 13.4. The van der Waals surface area contributed by atoms with Crippen molar-refractivity contribution in [1.29, 1.82) is 0 Å². The van der Waals surface area contributed by atoms with Gasteiger partial charge in [0.2, 0.25) is 0 Å². The van der Waals surface area contributed by atoms with Crippen LogP contribution in [-0.4, -0.2) is 33.2 Å². The van der Waals surface area contributed by atoms with Gasteiger partial charge < -0.3 is 15.9 Å². The van der Waals surface area contributed by atoms with Gasteiger partial charge in [-0.25, -0.2) is 9.78 Å². The minimum Gasteiger partial charge on any atom is -0.480 e. The molecule has 0 saturated carbocycles. The molecule has 0 fully saturated rings. The second-order valence-electron chi connectivity index (χ2n) is 5.32. The number of aliphatic carboxylic acids is 1. The van der Waals surface area contributed by atoms with E-state index in [-0.39, 0.29) is 5.69 Å². The van der Waals surface area contributed by atoms with Crippen LogP contribution in [0, 0.1) is 0 Å². The summed E-state index contributed by atoms with van der Waals surface area (Å²) in [6, 6.07) is 17.6. The topological polar surface area (TPSA) is 114 Å². The molecule has 1 heterocycles. The van der Waals surface area contributed by atoms with Crippen LogP contribution in [-0.2, 0) is 11.2 Å². The van der Waals surface area contributed by atoms with Crippen molar-refractivity contribution >= 4 is 22.7 Å². The van der Waals surface area contributed by atoms with Gasteiger partial charge in [0, 0.05) is 11.6 Å². The number of carbonyl (C=O) groups is 2. The number of fused-ring (bicyclic) bond motifs is 1. The summed E-state index contributed by atoms with van der Waals surface area (Å²) in [5, 5.41) is 18.9. The molecule has 6 heteroatoms. The molecule has 0 aliphatic carbocycles. The van der Waals surface area contributed by atoms with Crippen molar-refractivity contribution in [2.75, 3.05) is 0 Å². The summed E-state index contributed by atoms with van der Waals surface area (Å²) >= 11 is 0. The third-order valence-electron chi connectivity index (χ3n) is 3.49. The number of hydrogen-bond acceptors (Lipinski definition) is 4. The maximum Gasteiger partial charge on any atom is 0.355 e. The van der Waals surface area contributed by atoms with Crippen molar-refractivity contribution in [3.05, 3.63) is 78.1 Å². The van der Waals surface area contributed by atoms with E-state index in [2.05, 4.69) is 4.98 Å². The fourth-order valence-corrected chi connectivity index (χ4v) is 2.25. The molecule has 0 bridgehead atoms. The van der Waals surface area contributed by atoms with Crippen LogP contribution in [0.3, 0.4) is 0 Å². The van der Waals surface area contributed by atoms with Crippen molar-refractivity contribution in [1.82, 2.24) is 4.98 Å².